The first-order chi connectivity index (χ1) is 9.13. The van der Waals surface area contributed by atoms with Gasteiger partial charge in [-0.3, -0.25) is 14.5 Å². The van der Waals surface area contributed by atoms with Gasteiger partial charge >= 0.3 is 11.9 Å². The fourth-order valence-corrected chi connectivity index (χ4v) is 2.61. The third-order valence-electron chi connectivity index (χ3n) is 3.55. The Morgan fingerprint density at radius 1 is 1.37 bits per heavy atom. The van der Waals surface area contributed by atoms with Gasteiger partial charge in [-0.15, -0.1) is 0 Å². The average Bonchev–Trinajstić information content (AvgIpc) is 2.44. The molecule has 0 aromatic rings. The Hall–Kier alpha value is -1.10. The lowest BCUT2D eigenvalue weighted by atomic mass is 9.96. The van der Waals surface area contributed by atoms with E-state index in [1.807, 2.05) is 13.8 Å². The van der Waals surface area contributed by atoms with E-state index in [1.165, 1.54) is 7.11 Å². The number of esters is 2. The molecule has 1 fully saturated rings. The van der Waals surface area contributed by atoms with Crippen LogP contribution in [0.2, 0.25) is 0 Å². The number of carbonyl (C=O) groups is 2. The summed E-state index contributed by atoms with van der Waals surface area (Å²) in [4.78, 5) is 25.7. The van der Waals surface area contributed by atoms with E-state index < -0.39 is 0 Å². The summed E-state index contributed by atoms with van der Waals surface area (Å²) >= 11 is 0. The van der Waals surface area contributed by atoms with Crippen molar-refractivity contribution in [1.29, 1.82) is 0 Å². The summed E-state index contributed by atoms with van der Waals surface area (Å²) in [5.74, 6) is -0.466. The summed E-state index contributed by atoms with van der Waals surface area (Å²) in [6.07, 6.45) is 3.44. The van der Waals surface area contributed by atoms with Crippen LogP contribution in [0, 0.1) is 5.92 Å². The van der Waals surface area contributed by atoms with Crippen LogP contribution in [-0.2, 0) is 19.1 Å². The zero-order valence-corrected chi connectivity index (χ0v) is 12.2. The summed E-state index contributed by atoms with van der Waals surface area (Å²) < 4.78 is 9.94. The lowest BCUT2D eigenvalue weighted by Gasteiger charge is -2.35. The van der Waals surface area contributed by atoms with Crippen LogP contribution in [0.15, 0.2) is 0 Å². The molecule has 0 aliphatic carbocycles. The molecule has 19 heavy (non-hydrogen) atoms. The molecule has 1 heterocycles. The van der Waals surface area contributed by atoms with Crippen LogP contribution in [0.5, 0.6) is 0 Å². The van der Waals surface area contributed by atoms with Crippen molar-refractivity contribution in [2.75, 3.05) is 26.8 Å². The molecule has 110 valence electrons. The van der Waals surface area contributed by atoms with Crippen molar-refractivity contribution < 1.29 is 19.1 Å². The topological polar surface area (TPSA) is 55.8 Å². The molecule has 1 saturated heterocycles. The van der Waals surface area contributed by atoms with E-state index in [-0.39, 0.29) is 23.9 Å². The SMILES string of the molecule is CCCC(C(=O)OCC)N1CCC[C@H](C(=O)OC)C1. The quantitative estimate of drug-likeness (QED) is 0.687. The first-order valence-electron chi connectivity index (χ1n) is 7.12. The highest BCUT2D eigenvalue weighted by molar-refractivity contribution is 5.76. The number of nitrogens with zero attached hydrogens (tertiary/aromatic N) is 1. The van der Waals surface area contributed by atoms with E-state index in [1.54, 1.807) is 0 Å². The predicted octanol–water partition coefficient (Wildman–Crippen LogP) is 1.60. The smallest absolute Gasteiger partial charge is 0.323 e. The van der Waals surface area contributed by atoms with Crippen LogP contribution in [-0.4, -0.2) is 49.7 Å². The van der Waals surface area contributed by atoms with Crippen molar-refractivity contribution in [3.05, 3.63) is 0 Å². The minimum atomic E-state index is -0.225. The Bertz CT molecular complexity index is 306. The van der Waals surface area contributed by atoms with E-state index >= 15 is 0 Å². The molecule has 5 nitrogen and oxygen atoms in total. The van der Waals surface area contributed by atoms with Gasteiger partial charge in [0.15, 0.2) is 0 Å². The zero-order chi connectivity index (χ0) is 14.3. The summed E-state index contributed by atoms with van der Waals surface area (Å²) in [7, 11) is 1.41. The molecular formula is C14H25NO4. The molecule has 1 aliphatic heterocycles. The predicted molar refractivity (Wildman–Crippen MR) is 71.6 cm³/mol. The van der Waals surface area contributed by atoms with Gasteiger partial charge in [0, 0.05) is 6.54 Å². The van der Waals surface area contributed by atoms with E-state index in [0.717, 1.165) is 32.2 Å². The van der Waals surface area contributed by atoms with Crippen LogP contribution in [0.4, 0.5) is 0 Å². The first kappa shape index (κ1) is 16.0. The molecule has 0 saturated carbocycles. The number of hydrogen-bond acceptors (Lipinski definition) is 5. The fraction of sp³-hybridized carbons (Fsp3) is 0.857. The van der Waals surface area contributed by atoms with Gasteiger partial charge in [-0.25, -0.2) is 0 Å². The Morgan fingerprint density at radius 3 is 2.68 bits per heavy atom. The second-order valence-corrected chi connectivity index (χ2v) is 4.91. The van der Waals surface area contributed by atoms with Crippen molar-refractivity contribution in [2.24, 2.45) is 5.92 Å². The number of methoxy groups -OCH3 is 1. The second-order valence-electron chi connectivity index (χ2n) is 4.91. The van der Waals surface area contributed by atoms with Gasteiger partial charge in [0.2, 0.25) is 0 Å². The van der Waals surface area contributed by atoms with Crippen LogP contribution in [0.1, 0.15) is 39.5 Å². The van der Waals surface area contributed by atoms with E-state index in [9.17, 15) is 9.59 Å². The number of rotatable bonds is 6. The summed E-state index contributed by atoms with van der Waals surface area (Å²) in [5.41, 5.74) is 0. The highest BCUT2D eigenvalue weighted by Crippen LogP contribution is 2.22. The number of ether oxygens (including phenoxy) is 2. The van der Waals surface area contributed by atoms with E-state index in [2.05, 4.69) is 4.90 Å². The summed E-state index contributed by atoms with van der Waals surface area (Å²) in [6, 6.07) is -0.225. The van der Waals surface area contributed by atoms with E-state index in [4.69, 9.17) is 9.47 Å². The maximum Gasteiger partial charge on any atom is 0.323 e. The average molecular weight is 271 g/mol. The molecule has 1 aliphatic rings. The molecule has 0 aromatic heterocycles. The number of piperidine rings is 1. The van der Waals surface area contributed by atoms with Gasteiger partial charge in [0.25, 0.3) is 0 Å². The first-order valence-corrected chi connectivity index (χ1v) is 7.12. The van der Waals surface area contributed by atoms with Crippen molar-refractivity contribution in [3.63, 3.8) is 0 Å². The Balaban J connectivity index is 2.67. The van der Waals surface area contributed by atoms with Gasteiger partial charge < -0.3 is 9.47 Å². The maximum absolute atomic E-state index is 12.0. The normalized spacial score (nSPS) is 21.7. The third kappa shape index (κ3) is 4.49. The fourth-order valence-electron chi connectivity index (χ4n) is 2.61. The van der Waals surface area contributed by atoms with Gasteiger partial charge in [0.05, 0.1) is 19.6 Å². The standard InChI is InChI=1S/C14H25NO4/c1-4-7-12(14(17)19-5-2)15-9-6-8-11(10-15)13(16)18-3/h11-12H,4-10H2,1-3H3/t11-,12?/m0/s1. The molecule has 0 spiro atoms. The van der Waals surface area contributed by atoms with Gasteiger partial charge in [-0.2, -0.15) is 0 Å². The van der Waals surface area contributed by atoms with Crippen molar-refractivity contribution in [1.82, 2.24) is 4.90 Å². The summed E-state index contributed by atoms with van der Waals surface area (Å²) in [5, 5.41) is 0. The zero-order valence-electron chi connectivity index (χ0n) is 12.2. The Labute approximate surface area is 115 Å². The van der Waals surface area contributed by atoms with Crippen molar-refractivity contribution in [2.45, 2.75) is 45.6 Å². The minimum absolute atomic E-state index is 0.118. The molecule has 0 amide bonds. The molecule has 2 atom stereocenters. The number of hydrogen-bond donors (Lipinski definition) is 0. The molecule has 0 N–H and O–H groups in total. The molecular weight excluding hydrogens is 246 g/mol. The number of carbonyl (C=O) groups excluding carboxylic acids is 2. The maximum atomic E-state index is 12.0. The molecule has 1 unspecified atom stereocenters. The molecule has 0 aromatic carbocycles. The van der Waals surface area contributed by atoms with Crippen LogP contribution in [0.3, 0.4) is 0 Å². The number of likely N-dealkylation sites (tertiary alicyclic amines) is 1. The summed E-state index contributed by atoms with van der Waals surface area (Å²) in [6.45, 7) is 5.70. The molecule has 0 radical (unpaired) electrons. The van der Waals surface area contributed by atoms with E-state index in [0.29, 0.717) is 13.2 Å². The second kappa shape index (κ2) is 8.15. The van der Waals surface area contributed by atoms with Gasteiger partial charge in [-0.05, 0) is 32.7 Å². The van der Waals surface area contributed by atoms with Crippen LogP contribution < -0.4 is 0 Å². The molecule has 5 heteroatoms. The Morgan fingerprint density at radius 2 is 2.11 bits per heavy atom. The largest absolute Gasteiger partial charge is 0.469 e. The highest BCUT2D eigenvalue weighted by Gasteiger charge is 2.33. The minimum Gasteiger partial charge on any atom is -0.469 e. The molecule has 0 bridgehead atoms. The molecule has 1 rings (SSSR count). The van der Waals surface area contributed by atoms with Crippen molar-refractivity contribution >= 4 is 11.9 Å². The van der Waals surface area contributed by atoms with Gasteiger partial charge in [-0.1, -0.05) is 13.3 Å². The van der Waals surface area contributed by atoms with Crippen LogP contribution in [0.25, 0.3) is 0 Å². The lowest BCUT2D eigenvalue weighted by Crippen LogP contribution is -2.48. The van der Waals surface area contributed by atoms with Gasteiger partial charge in [0.1, 0.15) is 6.04 Å². The third-order valence-corrected chi connectivity index (χ3v) is 3.55. The Kier molecular flexibility index (Phi) is 6.84. The van der Waals surface area contributed by atoms with Crippen LogP contribution >= 0.6 is 0 Å². The monoisotopic (exact) mass is 271 g/mol. The highest BCUT2D eigenvalue weighted by atomic mass is 16.5. The van der Waals surface area contributed by atoms with Crippen molar-refractivity contribution in [3.8, 4) is 0 Å². The lowest BCUT2D eigenvalue weighted by molar-refractivity contribution is -0.154.